The zero-order chi connectivity index (χ0) is 22.7. The number of carbonyl (C=O) groups excluding carboxylic acids is 2. The van der Waals surface area contributed by atoms with Gasteiger partial charge in [0.2, 0.25) is 0 Å². The second-order valence-corrected chi connectivity index (χ2v) is 9.47. The maximum atomic E-state index is 12.8. The van der Waals surface area contributed by atoms with E-state index in [1.165, 1.54) is 18.7 Å². The van der Waals surface area contributed by atoms with Crippen LogP contribution in [-0.4, -0.2) is 17.3 Å². The van der Waals surface area contributed by atoms with E-state index in [0.717, 1.165) is 21.2 Å². The van der Waals surface area contributed by atoms with Gasteiger partial charge in [0.05, 0.1) is 28.3 Å². The number of halogens is 1. The Kier molecular flexibility index (Phi) is 7.19. The summed E-state index contributed by atoms with van der Waals surface area (Å²) in [6.45, 7) is 7.35. The van der Waals surface area contributed by atoms with Crippen molar-refractivity contribution in [2.75, 3.05) is 5.75 Å². The molecule has 0 amide bonds. The Balaban J connectivity index is 1.94. The van der Waals surface area contributed by atoms with Crippen LogP contribution in [0.5, 0.6) is 0 Å². The SMILES string of the molecule is CC(=O)C1=C(C)NC(SCC(=O)c2ccc(C)c(C)c2)=C(C#N)C1c1ccc(Br)cc1. The number of nitrogens with zero attached hydrogens (tertiary/aromatic N) is 1. The number of Topliss-reactive ketones (excluding diaryl/α,β-unsaturated/α-hetero) is 2. The molecular weight excluding hydrogens is 472 g/mol. The summed E-state index contributed by atoms with van der Waals surface area (Å²) in [5, 5.41) is 13.8. The number of benzene rings is 2. The van der Waals surface area contributed by atoms with Crippen LogP contribution in [0, 0.1) is 25.2 Å². The van der Waals surface area contributed by atoms with Crippen LogP contribution < -0.4 is 5.32 Å². The molecule has 2 aromatic rings. The van der Waals surface area contributed by atoms with Crippen molar-refractivity contribution < 1.29 is 9.59 Å². The largest absolute Gasteiger partial charge is 0.353 e. The van der Waals surface area contributed by atoms with E-state index in [1.807, 2.05) is 63.2 Å². The zero-order valence-corrected chi connectivity index (χ0v) is 20.3. The van der Waals surface area contributed by atoms with Crippen molar-refractivity contribution in [3.63, 3.8) is 0 Å². The first-order valence-corrected chi connectivity index (χ1v) is 11.6. The van der Waals surface area contributed by atoms with Crippen LogP contribution in [-0.2, 0) is 4.79 Å². The van der Waals surface area contributed by atoms with Gasteiger partial charge in [0.15, 0.2) is 11.6 Å². The Morgan fingerprint density at radius 3 is 2.35 bits per heavy atom. The minimum Gasteiger partial charge on any atom is -0.353 e. The Bertz CT molecular complexity index is 1160. The quantitative estimate of drug-likeness (QED) is 0.501. The molecular formula is C25H23BrN2O2S. The first kappa shape index (κ1) is 23.1. The summed E-state index contributed by atoms with van der Waals surface area (Å²) in [6, 6.07) is 15.6. The predicted molar refractivity (Wildman–Crippen MR) is 129 cm³/mol. The maximum absolute atomic E-state index is 12.8. The van der Waals surface area contributed by atoms with Crippen molar-refractivity contribution in [1.29, 1.82) is 5.26 Å². The smallest absolute Gasteiger partial charge is 0.173 e. The number of hydrogen-bond acceptors (Lipinski definition) is 5. The highest BCUT2D eigenvalue weighted by molar-refractivity contribution is 9.10. The van der Waals surface area contributed by atoms with E-state index in [0.29, 0.717) is 27.4 Å². The molecule has 2 aromatic carbocycles. The normalized spacial score (nSPS) is 16.1. The molecule has 0 fully saturated rings. The van der Waals surface area contributed by atoms with Crippen molar-refractivity contribution in [3.8, 4) is 6.07 Å². The average molecular weight is 495 g/mol. The Morgan fingerprint density at radius 1 is 1.10 bits per heavy atom. The van der Waals surface area contributed by atoms with Gasteiger partial charge in [0.1, 0.15) is 0 Å². The van der Waals surface area contributed by atoms with E-state index in [2.05, 4.69) is 27.3 Å². The number of allylic oxidation sites excluding steroid dienone is 3. The molecule has 0 aromatic heterocycles. The molecule has 3 rings (SSSR count). The fourth-order valence-electron chi connectivity index (χ4n) is 3.62. The van der Waals surface area contributed by atoms with Gasteiger partial charge < -0.3 is 5.32 Å². The molecule has 158 valence electrons. The number of carbonyl (C=O) groups is 2. The molecule has 1 aliphatic rings. The van der Waals surface area contributed by atoms with Crippen LogP contribution in [0.15, 0.2) is 68.8 Å². The Hall–Kier alpha value is -2.62. The minimum absolute atomic E-state index is 0.00104. The number of nitriles is 1. The number of ketones is 2. The zero-order valence-electron chi connectivity index (χ0n) is 17.9. The molecule has 0 spiro atoms. The topological polar surface area (TPSA) is 70.0 Å². The second kappa shape index (κ2) is 9.67. The minimum atomic E-state index is -0.462. The summed E-state index contributed by atoms with van der Waals surface area (Å²) in [4.78, 5) is 25.2. The van der Waals surface area contributed by atoms with Gasteiger partial charge in [-0.05, 0) is 62.6 Å². The third-order valence-corrected chi connectivity index (χ3v) is 6.95. The molecule has 0 aliphatic carbocycles. The summed E-state index contributed by atoms with van der Waals surface area (Å²) in [5.74, 6) is -0.345. The van der Waals surface area contributed by atoms with Crippen LogP contribution in [0.4, 0.5) is 0 Å². The Morgan fingerprint density at radius 2 is 1.77 bits per heavy atom. The van der Waals surface area contributed by atoms with Crippen molar-refractivity contribution >= 4 is 39.3 Å². The van der Waals surface area contributed by atoms with Gasteiger partial charge in [-0.25, -0.2) is 0 Å². The molecule has 1 atom stereocenters. The van der Waals surface area contributed by atoms with Crippen LogP contribution in [0.1, 0.15) is 46.8 Å². The summed E-state index contributed by atoms with van der Waals surface area (Å²) in [6.07, 6.45) is 0. The first-order valence-electron chi connectivity index (χ1n) is 9.84. The van der Waals surface area contributed by atoms with E-state index in [1.54, 1.807) is 0 Å². The highest BCUT2D eigenvalue weighted by Crippen LogP contribution is 2.41. The number of hydrogen-bond donors (Lipinski definition) is 1. The van der Waals surface area contributed by atoms with Gasteiger partial charge >= 0.3 is 0 Å². The molecule has 0 radical (unpaired) electrons. The lowest BCUT2D eigenvalue weighted by Gasteiger charge is -2.29. The van der Waals surface area contributed by atoms with Crippen molar-refractivity contribution in [2.24, 2.45) is 0 Å². The van der Waals surface area contributed by atoms with Crippen molar-refractivity contribution in [3.05, 3.63) is 91.1 Å². The highest BCUT2D eigenvalue weighted by Gasteiger charge is 2.33. The van der Waals surface area contributed by atoms with Gasteiger partial charge in [-0.1, -0.05) is 52.0 Å². The lowest BCUT2D eigenvalue weighted by atomic mass is 9.81. The maximum Gasteiger partial charge on any atom is 0.173 e. The predicted octanol–water partition coefficient (Wildman–Crippen LogP) is 5.97. The van der Waals surface area contributed by atoms with Crippen molar-refractivity contribution in [2.45, 2.75) is 33.6 Å². The highest BCUT2D eigenvalue weighted by atomic mass is 79.9. The van der Waals surface area contributed by atoms with E-state index in [4.69, 9.17) is 0 Å². The molecule has 1 unspecified atom stereocenters. The average Bonchev–Trinajstić information content (AvgIpc) is 2.73. The van der Waals surface area contributed by atoms with E-state index in [-0.39, 0.29) is 17.3 Å². The second-order valence-electron chi connectivity index (χ2n) is 7.57. The van der Waals surface area contributed by atoms with E-state index >= 15 is 0 Å². The fraction of sp³-hybridized carbons (Fsp3) is 0.240. The summed E-state index contributed by atoms with van der Waals surface area (Å²) >= 11 is 4.74. The van der Waals surface area contributed by atoms with Gasteiger partial charge in [0.25, 0.3) is 0 Å². The molecule has 0 saturated carbocycles. The lowest BCUT2D eigenvalue weighted by molar-refractivity contribution is -0.113. The molecule has 1 heterocycles. The number of rotatable bonds is 6. The molecule has 0 saturated heterocycles. The first-order chi connectivity index (χ1) is 14.7. The molecule has 6 heteroatoms. The fourth-order valence-corrected chi connectivity index (χ4v) is 4.87. The third-order valence-electron chi connectivity index (χ3n) is 5.41. The molecule has 1 N–H and O–H groups in total. The van der Waals surface area contributed by atoms with Crippen LogP contribution in [0.3, 0.4) is 0 Å². The van der Waals surface area contributed by atoms with Crippen LogP contribution >= 0.6 is 27.7 Å². The monoisotopic (exact) mass is 494 g/mol. The number of thioether (sulfide) groups is 1. The summed E-state index contributed by atoms with van der Waals surface area (Å²) in [5.41, 5.74) is 5.47. The van der Waals surface area contributed by atoms with Gasteiger partial charge in [-0.3, -0.25) is 9.59 Å². The number of aryl methyl sites for hydroxylation is 2. The molecule has 4 nitrogen and oxygen atoms in total. The standard InChI is InChI=1S/C25H23BrN2O2S/c1-14-5-6-19(11-15(14)2)22(30)13-31-25-21(12-27)24(18-7-9-20(26)10-8-18)23(17(4)29)16(3)28-25/h5-11,24,28H,13H2,1-4H3. The van der Waals surface area contributed by atoms with Gasteiger partial charge in [-0.2, -0.15) is 5.26 Å². The van der Waals surface area contributed by atoms with E-state index < -0.39 is 5.92 Å². The Labute approximate surface area is 195 Å². The molecule has 0 bridgehead atoms. The molecule has 31 heavy (non-hydrogen) atoms. The van der Waals surface area contributed by atoms with E-state index in [9.17, 15) is 14.9 Å². The summed E-state index contributed by atoms with van der Waals surface area (Å²) < 4.78 is 0.923. The van der Waals surface area contributed by atoms with Gasteiger partial charge in [0, 0.05) is 21.3 Å². The lowest BCUT2D eigenvalue weighted by Crippen LogP contribution is -2.27. The number of dihydropyridines is 1. The van der Waals surface area contributed by atoms with Crippen LogP contribution in [0.2, 0.25) is 0 Å². The third kappa shape index (κ3) is 5.00. The van der Waals surface area contributed by atoms with Crippen LogP contribution in [0.25, 0.3) is 0 Å². The van der Waals surface area contributed by atoms with Crippen molar-refractivity contribution in [1.82, 2.24) is 5.32 Å². The summed E-state index contributed by atoms with van der Waals surface area (Å²) in [7, 11) is 0. The number of nitrogens with one attached hydrogen (secondary N) is 1. The van der Waals surface area contributed by atoms with Gasteiger partial charge in [-0.15, -0.1) is 0 Å². The molecule has 1 aliphatic heterocycles.